The smallest absolute Gasteiger partial charge is 0.418 e. The van der Waals surface area contributed by atoms with Crippen molar-refractivity contribution in [1.82, 2.24) is 24.8 Å². The minimum absolute atomic E-state index is 0.00215. The molecule has 19 heteroatoms. The lowest BCUT2D eigenvalue weighted by Crippen LogP contribution is -2.48. The van der Waals surface area contributed by atoms with Crippen LogP contribution in [-0.2, 0) is 24.0 Å². The average Bonchev–Trinajstić information content (AvgIpc) is 3.59. The quantitative estimate of drug-likeness (QED) is 0.109. The number of rotatable bonds is 14. The average molecular weight is 872 g/mol. The summed E-state index contributed by atoms with van der Waals surface area (Å²) in [6, 6.07) is 19.4. The zero-order valence-electron chi connectivity index (χ0n) is 33.4. The lowest BCUT2D eigenvalue weighted by molar-refractivity contribution is -0.158. The number of pyridine rings is 1. The highest BCUT2D eigenvalue weighted by molar-refractivity contribution is 6.34. The highest BCUT2D eigenvalue weighted by atomic mass is 35.5. The first kappa shape index (κ1) is 43.4. The van der Waals surface area contributed by atoms with Crippen molar-refractivity contribution in [2.45, 2.75) is 44.4 Å². The summed E-state index contributed by atoms with van der Waals surface area (Å²) in [5.74, 6) is 1.87. The molecule has 0 radical (unpaired) electrons. The largest absolute Gasteiger partial charge is 0.497 e. The number of benzene rings is 3. The number of carbonyl (C=O) groups is 1. The number of amides is 1. The maximum absolute atomic E-state index is 14.9. The Morgan fingerprint density at radius 3 is 2.08 bits per heavy atom. The van der Waals surface area contributed by atoms with Gasteiger partial charge in [0.15, 0.2) is 0 Å². The summed E-state index contributed by atoms with van der Waals surface area (Å²) in [6.07, 6.45) is -6.35. The van der Waals surface area contributed by atoms with Crippen LogP contribution < -0.4 is 24.0 Å². The Hall–Kier alpha value is -5.72. The Balaban J connectivity index is 1.30. The van der Waals surface area contributed by atoms with Gasteiger partial charge in [-0.25, -0.2) is 9.78 Å². The minimum atomic E-state index is -4.83. The number of nitrogens with zero attached hydrogens (tertiary/aromatic N) is 7. The van der Waals surface area contributed by atoms with Crippen LogP contribution in [0.4, 0.5) is 38.4 Å². The second kappa shape index (κ2) is 18.5. The summed E-state index contributed by atoms with van der Waals surface area (Å²) >= 11 is 6.93. The number of hydrogen-bond acceptors (Lipinski definition) is 11. The van der Waals surface area contributed by atoms with E-state index in [1.165, 1.54) is 23.1 Å². The molecule has 7 rings (SSSR count). The molecule has 1 amide bonds. The summed E-state index contributed by atoms with van der Waals surface area (Å²) in [5, 5.41) is 9.89. The molecule has 4 heterocycles. The van der Waals surface area contributed by atoms with Crippen LogP contribution in [0.15, 0.2) is 72.8 Å². The molecule has 2 fully saturated rings. The Morgan fingerprint density at radius 1 is 0.902 bits per heavy atom. The fourth-order valence-electron chi connectivity index (χ4n) is 7.53. The summed E-state index contributed by atoms with van der Waals surface area (Å²) in [7, 11) is 4.86. The van der Waals surface area contributed by atoms with Crippen LogP contribution in [0.1, 0.15) is 23.1 Å². The fraction of sp³-hybridized carbons (Fsp3) is 0.381. The number of aromatic nitrogens is 3. The molecule has 0 aliphatic carbocycles. The van der Waals surface area contributed by atoms with Gasteiger partial charge in [-0.3, -0.25) is 4.90 Å². The van der Waals surface area contributed by atoms with Gasteiger partial charge in [0.25, 0.3) is 0 Å². The summed E-state index contributed by atoms with van der Waals surface area (Å²) in [4.78, 5) is 32.4. The van der Waals surface area contributed by atoms with Gasteiger partial charge in [0.05, 0.1) is 42.1 Å². The third kappa shape index (κ3) is 10.3. The van der Waals surface area contributed by atoms with E-state index in [-0.39, 0.29) is 92.8 Å². The van der Waals surface area contributed by atoms with Crippen molar-refractivity contribution in [3.8, 4) is 28.8 Å². The molecule has 0 unspecified atom stereocenters. The van der Waals surface area contributed by atoms with E-state index in [4.69, 9.17) is 30.5 Å². The van der Waals surface area contributed by atoms with Crippen LogP contribution in [0.2, 0.25) is 5.02 Å². The molecule has 0 bridgehead atoms. The van der Waals surface area contributed by atoms with Crippen molar-refractivity contribution >= 4 is 40.2 Å². The lowest BCUT2D eigenvalue weighted by Gasteiger charge is -2.34. The number of likely N-dealkylation sites (tertiary alicyclic amines) is 1. The molecule has 0 spiro atoms. The zero-order valence-corrected chi connectivity index (χ0v) is 34.2. The molecule has 2 saturated heterocycles. The molecule has 2 aliphatic heterocycles. The molecule has 5 aromatic rings. The van der Waals surface area contributed by atoms with Crippen molar-refractivity contribution in [2.75, 3.05) is 70.4 Å². The van der Waals surface area contributed by atoms with Crippen LogP contribution in [0.3, 0.4) is 0 Å². The van der Waals surface area contributed by atoms with Crippen molar-refractivity contribution < 1.29 is 50.8 Å². The van der Waals surface area contributed by atoms with Gasteiger partial charge in [-0.05, 0) is 73.1 Å². The third-order valence-electron chi connectivity index (χ3n) is 10.8. The molecule has 2 aliphatic rings. The zero-order chi connectivity index (χ0) is 43.4. The van der Waals surface area contributed by atoms with Gasteiger partial charge in [-0.2, -0.15) is 31.9 Å². The normalized spacial score (nSPS) is 17.3. The number of ether oxygens (including phenoxy) is 4. The molecule has 324 valence electrons. The van der Waals surface area contributed by atoms with E-state index in [2.05, 4.69) is 15.0 Å². The monoisotopic (exact) mass is 871 g/mol. The number of halogens is 6. The Kier molecular flexibility index (Phi) is 13.1. The molecule has 0 saturated carbocycles. The van der Waals surface area contributed by atoms with Crippen LogP contribution in [0, 0.1) is 0 Å². The SMILES string of the molecule is COc1ccc(CN(Cc2ccc(OC)cc2)c2ccc(C(F)(F)F)c(-c3cc4nc(OC[C@@H]5C[C@@H](OC(F)F)CN5C)nc(N5CCN(C(=O)O)CC5)c4cc3Cl)n2)cc1. The molecule has 2 atom stereocenters. The Labute approximate surface area is 353 Å². The van der Waals surface area contributed by atoms with E-state index in [1.54, 1.807) is 45.5 Å². The van der Waals surface area contributed by atoms with Gasteiger partial charge in [0, 0.05) is 62.8 Å². The van der Waals surface area contributed by atoms with E-state index in [0.717, 1.165) is 17.2 Å². The van der Waals surface area contributed by atoms with Gasteiger partial charge >= 0.3 is 24.9 Å². The molecular formula is C42H43ClF5N7O6. The van der Waals surface area contributed by atoms with E-state index in [9.17, 15) is 31.9 Å². The van der Waals surface area contributed by atoms with Crippen LogP contribution in [0.5, 0.6) is 17.5 Å². The number of piperazine rings is 1. The van der Waals surface area contributed by atoms with E-state index >= 15 is 0 Å². The molecule has 13 nitrogen and oxygen atoms in total. The fourth-order valence-corrected chi connectivity index (χ4v) is 7.78. The maximum Gasteiger partial charge on any atom is 0.418 e. The number of hydrogen-bond donors (Lipinski definition) is 1. The highest BCUT2D eigenvalue weighted by Gasteiger charge is 2.37. The number of alkyl halides is 5. The molecule has 2 aromatic heterocycles. The van der Waals surface area contributed by atoms with Gasteiger partial charge in [0.2, 0.25) is 0 Å². The predicted molar refractivity (Wildman–Crippen MR) is 218 cm³/mol. The third-order valence-corrected chi connectivity index (χ3v) is 11.1. The van der Waals surface area contributed by atoms with E-state index < -0.39 is 36.2 Å². The first-order valence-corrected chi connectivity index (χ1v) is 19.7. The molecule has 61 heavy (non-hydrogen) atoms. The van der Waals surface area contributed by atoms with E-state index in [0.29, 0.717) is 22.7 Å². The number of anilines is 2. The standard InChI is InChI=1S/C42H43ClF5N7O6/c1-52-23-30(61-39(44)45)18-27(52)24-60-40-49-35-20-31(34(43)19-32(35)38(51-40)53-14-16-54(17-15-53)41(56)57)37-33(42(46,47)48)12-13-36(50-37)55(21-25-4-8-28(58-2)9-5-25)22-26-6-10-29(59-3)11-7-26/h4-13,19-20,27,30,39H,14-18,21-24H2,1-3H3,(H,56,57)/t27-,30+/m0/s1. The topological polar surface area (TPSA) is 126 Å². The van der Waals surface area contributed by atoms with Gasteiger partial charge in [-0.1, -0.05) is 35.9 Å². The molecule has 1 N–H and O–H groups in total. The Bertz CT molecular complexity index is 2270. The van der Waals surface area contributed by atoms with E-state index in [1.807, 2.05) is 39.0 Å². The van der Waals surface area contributed by atoms with Gasteiger partial charge in [-0.15, -0.1) is 0 Å². The summed E-state index contributed by atoms with van der Waals surface area (Å²) < 4.78 is 92.1. The second-order valence-corrected chi connectivity index (χ2v) is 15.1. The van der Waals surface area contributed by atoms with Crippen molar-refractivity contribution in [1.29, 1.82) is 0 Å². The van der Waals surface area contributed by atoms with Gasteiger partial charge in [0.1, 0.15) is 29.7 Å². The highest BCUT2D eigenvalue weighted by Crippen LogP contribution is 2.42. The Morgan fingerprint density at radius 2 is 1.52 bits per heavy atom. The number of carboxylic acid groups (broad SMARTS) is 1. The maximum atomic E-state index is 14.9. The number of likely N-dealkylation sites (N-methyl/N-ethyl adjacent to an activating group) is 1. The predicted octanol–water partition coefficient (Wildman–Crippen LogP) is 8.08. The number of fused-ring (bicyclic) bond motifs is 1. The van der Waals surface area contributed by atoms with Crippen molar-refractivity contribution in [3.63, 3.8) is 0 Å². The van der Waals surface area contributed by atoms with Crippen molar-refractivity contribution in [3.05, 3.63) is 94.5 Å². The van der Waals surface area contributed by atoms with Crippen LogP contribution in [0.25, 0.3) is 22.2 Å². The summed E-state index contributed by atoms with van der Waals surface area (Å²) in [5.41, 5.74) is 0.387. The summed E-state index contributed by atoms with van der Waals surface area (Å²) in [6.45, 7) is -1.31. The first-order chi connectivity index (χ1) is 29.2. The first-order valence-electron chi connectivity index (χ1n) is 19.3. The molecule has 3 aromatic carbocycles. The molecular weight excluding hydrogens is 829 g/mol. The minimum Gasteiger partial charge on any atom is -0.497 e. The number of methoxy groups -OCH3 is 2. The second-order valence-electron chi connectivity index (χ2n) is 14.7. The van der Waals surface area contributed by atoms with Gasteiger partial charge < -0.3 is 38.8 Å². The van der Waals surface area contributed by atoms with Crippen LogP contribution in [-0.4, -0.2) is 115 Å². The van der Waals surface area contributed by atoms with Crippen molar-refractivity contribution in [2.24, 2.45) is 0 Å². The van der Waals surface area contributed by atoms with Crippen LogP contribution >= 0.6 is 11.6 Å². The lowest BCUT2D eigenvalue weighted by atomic mass is 10.0.